The van der Waals surface area contributed by atoms with Gasteiger partial charge in [0, 0.05) is 4.88 Å². The van der Waals surface area contributed by atoms with Gasteiger partial charge >= 0.3 is 0 Å². The van der Waals surface area contributed by atoms with Gasteiger partial charge in [0.1, 0.15) is 5.01 Å². The van der Waals surface area contributed by atoms with Crippen LogP contribution >= 0.6 is 11.3 Å². The van der Waals surface area contributed by atoms with E-state index in [2.05, 4.69) is 18.8 Å². The van der Waals surface area contributed by atoms with E-state index in [9.17, 15) is 0 Å². The van der Waals surface area contributed by atoms with Crippen LogP contribution in [0.4, 0.5) is 0 Å². The van der Waals surface area contributed by atoms with E-state index in [0.717, 1.165) is 5.92 Å². The highest BCUT2D eigenvalue weighted by Crippen LogP contribution is 2.54. The summed E-state index contributed by atoms with van der Waals surface area (Å²) in [4.78, 5) is 6.01. The van der Waals surface area contributed by atoms with E-state index < -0.39 is 0 Å². The molecule has 15 heavy (non-hydrogen) atoms. The van der Waals surface area contributed by atoms with Crippen molar-refractivity contribution in [3.8, 4) is 0 Å². The smallest absolute Gasteiger partial charge is 0.113 e. The maximum absolute atomic E-state index is 6.60. The highest BCUT2D eigenvalue weighted by Gasteiger charge is 2.51. The molecule has 2 nitrogen and oxygen atoms in total. The number of nitrogens with zero attached hydrogens (tertiary/aromatic N) is 1. The van der Waals surface area contributed by atoms with Crippen LogP contribution in [0.2, 0.25) is 0 Å². The molecule has 82 valence electrons. The van der Waals surface area contributed by atoms with Gasteiger partial charge in [-0.25, -0.2) is 4.98 Å². The first kappa shape index (κ1) is 9.79. The van der Waals surface area contributed by atoms with Gasteiger partial charge in [-0.1, -0.05) is 6.42 Å². The van der Waals surface area contributed by atoms with E-state index in [1.165, 1.54) is 41.3 Å². The van der Waals surface area contributed by atoms with E-state index in [1.54, 1.807) is 0 Å². The SMILES string of the molecule is Cc1nc(C2(N)CC3CCC2C3)sc1C. The number of rotatable bonds is 1. The summed E-state index contributed by atoms with van der Waals surface area (Å²) in [5.74, 6) is 1.58. The summed E-state index contributed by atoms with van der Waals surface area (Å²) < 4.78 is 0. The predicted octanol–water partition coefficient (Wildman–Crippen LogP) is 2.73. The Bertz CT molecular complexity index is 379. The number of aromatic nitrogens is 1. The fourth-order valence-corrected chi connectivity index (χ4v) is 4.41. The van der Waals surface area contributed by atoms with Crippen molar-refractivity contribution in [2.75, 3.05) is 0 Å². The minimum Gasteiger partial charge on any atom is -0.319 e. The summed E-state index contributed by atoms with van der Waals surface area (Å²) in [7, 11) is 0. The highest BCUT2D eigenvalue weighted by atomic mass is 32.1. The quantitative estimate of drug-likeness (QED) is 0.793. The predicted molar refractivity (Wildman–Crippen MR) is 62.9 cm³/mol. The largest absolute Gasteiger partial charge is 0.319 e. The van der Waals surface area contributed by atoms with Crippen LogP contribution in [0, 0.1) is 25.7 Å². The average Bonchev–Trinajstić information content (AvgIpc) is 2.82. The number of nitrogens with two attached hydrogens (primary N) is 1. The van der Waals surface area contributed by atoms with E-state index >= 15 is 0 Å². The maximum atomic E-state index is 6.60. The van der Waals surface area contributed by atoms with Crippen LogP contribution in [0.5, 0.6) is 0 Å². The Hall–Kier alpha value is -0.410. The molecular weight excluding hydrogens is 204 g/mol. The molecule has 2 N–H and O–H groups in total. The Labute approximate surface area is 94.9 Å². The lowest BCUT2D eigenvalue weighted by Gasteiger charge is -2.31. The molecule has 3 unspecified atom stereocenters. The molecule has 1 heterocycles. The van der Waals surface area contributed by atoms with Crippen LogP contribution in [0.1, 0.15) is 41.3 Å². The van der Waals surface area contributed by atoms with Crippen molar-refractivity contribution < 1.29 is 0 Å². The zero-order valence-electron chi connectivity index (χ0n) is 9.42. The summed E-state index contributed by atoms with van der Waals surface area (Å²) >= 11 is 1.81. The Morgan fingerprint density at radius 3 is 2.67 bits per heavy atom. The third-order valence-corrected chi connectivity index (χ3v) is 5.59. The zero-order chi connectivity index (χ0) is 10.6. The van der Waals surface area contributed by atoms with Crippen molar-refractivity contribution in [2.24, 2.45) is 17.6 Å². The van der Waals surface area contributed by atoms with Gasteiger partial charge < -0.3 is 5.73 Å². The summed E-state index contributed by atoms with van der Waals surface area (Å²) in [5.41, 5.74) is 7.69. The van der Waals surface area contributed by atoms with Crippen LogP contribution in [0.15, 0.2) is 0 Å². The molecule has 0 radical (unpaired) electrons. The monoisotopic (exact) mass is 222 g/mol. The van der Waals surface area contributed by atoms with E-state index in [1.807, 2.05) is 11.3 Å². The molecule has 0 spiro atoms. The lowest BCUT2D eigenvalue weighted by Crippen LogP contribution is -2.41. The molecule has 3 atom stereocenters. The number of fused-ring (bicyclic) bond motifs is 2. The molecular formula is C12H18N2S. The normalized spacial score (nSPS) is 38.9. The van der Waals surface area contributed by atoms with Gasteiger partial charge in [0.05, 0.1) is 11.2 Å². The van der Waals surface area contributed by atoms with Gasteiger partial charge in [-0.3, -0.25) is 0 Å². The highest BCUT2D eigenvalue weighted by molar-refractivity contribution is 7.11. The Kier molecular flexibility index (Phi) is 1.99. The topological polar surface area (TPSA) is 38.9 Å². The number of aryl methyl sites for hydroxylation is 2. The minimum atomic E-state index is -0.0768. The molecule has 2 saturated carbocycles. The van der Waals surface area contributed by atoms with Gasteiger partial charge in [-0.2, -0.15) is 0 Å². The van der Waals surface area contributed by atoms with Crippen LogP contribution in [-0.4, -0.2) is 4.98 Å². The van der Waals surface area contributed by atoms with Gasteiger partial charge in [-0.05, 0) is 44.9 Å². The molecule has 2 aliphatic carbocycles. The Balaban J connectivity index is 1.99. The van der Waals surface area contributed by atoms with E-state index in [4.69, 9.17) is 5.73 Å². The molecule has 0 saturated heterocycles. The lowest BCUT2D eigenvalue weighted by molar-refractivity contribution is 0.275. The van der Waals surface area contributed by atoms with Crippen molar-refractivity contribution in [1.82, 2.24) is 4.98 Å². The molecule has 3 rings (SSSR count). The zero-order valence-corrected chi connectivity index (χ0v) is 10.2. The maximum Gasteiger partial charge on any atom is 0.113 e. The lowest BCUT2D eigenvalue weighted by atomic mass is 9.82. The number of hydrogen-bond acceptors (Lipinski definition) is 3. The van der Waals surface area contributed by atoms with Crippen LogP contribution in [0.3, 0.4) is 0 Å². The van der Waals surface area contributed by atoms with Gasteiger partial charge in [-0.15, -0.1) is 11.3 Å². The first-order chi connectivity index (χ1) is 7.09. The van der Waals surface area contributed by atoms with Crippen LogP contribution in [-0.2, 0) is 5.54 Å². The van der Waals surface area contributed by atoms with E-state index in [0.29, 0.717) is 5.92 Å². The van der Waals surface area contributed by atoms with Crippen molar-refractivity contribution in [1.29, 1.82) is 0 Å². The molecule has 1 aromatic rings. The third-order valence-electron chi connectivity index (χ3n) is 4.32. The van der Waals surface area contributed by atoms with Crippen LogP contribution < -0.4 is 5.73 Å². The fourth-order valence-electron chi connectivity index (χ4n) is 3.31. The molecule has 0 amide bonds. The fraction of sp³-hybridized carbons (Fsp3) is 0.750. The van der Waals surface area contributed by atoms with E-state index in [-0.39, 0.29) is 5.54 Å². The average molecular weight is 222 g/mol. The molecule has 2 aliphatic rings. The van der Waals surface area contributed by atoms with Gasteiger partial charge in [0.15, 0.2) is 0 Å². The van der Waals surface area contributed by atoms with Crippen molar-refractivity contribution in [2.45, 2.75) is 45.1 Å². The number of thiazole rings is 1. The molecule has 2 fully saturated rings. The molecule has 0 aromatic carbocycles. The molecule has 1 aromatic heterocycles. The Morgan fingerprint density at radius 2 is 2.20 bits per heavy atom. The first-order valence-corrected chi connectivity index (χ1v) is 6.64. The van der Waals surface area contributed by atoms with Crippen molar-refractivity contribution in [3.63, 3.8) is 0 Å². The Morgan fingerprint density at radius 1 is 1.40 bits per heavy atom. The summed E-state index contributed by atoms with van der Waals surface area (Å²) in [5, 5.41) is 1.20. The second kappa shape index (κ2) is 3.05. The van der Waals surface area contributed by atoms with Crippen molar-refractivity contribution >= 4 is 11.3 Å². The van der Waals surface area contributed by atoms with Gasteiger partial charge in [0.25, 0.3) is 0 Å². The molecule has 2 bridgehead atoms. The first-order valence-electron chi connectivity index (χ1n) is 5.83. The summed E-state index contributed by atoms with van der Waals surface area (Å²) in [6, 6.07) is 0. The third kappa shape index (κ3) is 1.29. The van der Waals surface area contributed by atoms with Gasteiger partial charge in [0.2, 0.25) is 0 Å². The molecule has 0 aliphatic heterocycles. The second-order valence-corrected chi connectivity index (χ2v) is 6.48. The summed E-state index contributed by atoms with van der Waals surface area (Å²) in [6.45, 7) is 4.24. The minimum absolute atomic E-state index is 0.0768. The second-order valence-electron chi connectivity index (χ2n) is 5.28. The summed E-state index contributed by atoms with van der Waals surface area (Å²) in [6.07, 6.45) is 5.23. The van der Waals surface area contributed by atoms with Crippen LogP contribution in [0.25, 0.3) is 0 Å². The molecule has 3 heteroatoms. The van der Waals surface area contributed by atoms with Crippen molar-refractivity contribution in [3.05, 3.63) is 15.6 Å². The standard InChI is InChI=1S/C12H18N2S/c1-7-8(2)15-11(14-7)12(13)6-9-3-4-10(12)5-9/h9-10H,3-6,13H2,1-2H3. The number of hydrogen-bond donors (Lipinski definition) is 1.